The molecule has 0 spiro atoms. The van der Waals surface area contributed by atoms with Crippen molar-refractivity contribution in [3.63, 3.8) is 0 Å². The van der Waals surface area contributed by atoms with Crippen LogP contribution in [0.3, 0.4) is 0 Å². The Morgan fingerprint density at radius 1 is 1.59 bits per heavy atom. The van der Waals surface area contributed by atoms with Gasteiger partial charge in [0.1, 0.15) is 4.21 Å². The molecular formula is C10H14BrNO3S2. The second-order valence-electron chi connectivity index (χ2n) is 4.33. The first-order chi connectivity index (χ1) is 7.91. The molecule has 7 heteroatoms. The van der Waals surface area contributed by atoms with Crippen molar-refractivity contribution in [1.82, 2.24) is 4.31 Å². The summed E-state index contributed by atoms with van der Waals surface area (Å²) in [5, 5.41) is 10.9. The molecule has 1 aromatic rings. The summed E-state index contributed by atoms with van der Waals surface area (Å²) in [6, 6.07) is 1.73. The molecule has 0 radical (unpaired) electrons. The molecule has 0 aromatic carbocycles. The maximum atomic E-state index is 12.2. The molecule has 0 saturated heterocycles. The normalized spacial score (nSPS) is 24.9. The number of sulfonamides is 1. The zero-order valence-electron chi connectivity index (χ0n) is 9.34. The van der Waals surface area contributed by atoms with E-state index in [1.807, 2.05) is 0 Å². The van der Waals surface area contributed by atoms with Gasteiger partial charge in [-0.15, -0.1) is 11.3 Å². The molecule has 0 atom stereocenters. The molecule has 1 aliphatic rings. The van der Waals surface area contributed by atoms with E-state index >= 15 is 0 Å². The third-order valence-electron chi connectivity index (χ3n) is 2.96. The lowest BCUT2D eigenvalue weighted by Crippen LogP contribution is -2.39. The van der Waals surface area contributed by atoms with Gasteiger partial charge in [0.15, 0.2) is 0 Å². The summed E-state index contributed by atoms with van der Waals surface area (Å²) < 4.78 is 26.8. The number of thiophene rings is 1. The number of aliphatic hydroxyl groups excluding tert-OH is 1. The van der Waals surface area contributed by atoms with Gasteiger partial charge in [0, 0.05) is 18.1 Å². The lowest BCUT2D eigenvalue weighted by molar-refractivity contribution is 0.0367. The largest absolute Gasteiger partial charge is 0.393 e. The van der Waals surface area contributed by atoms with Gasteiger partial charge in [-0.3, -0.25) is 0 Å². The average molecular weight is 340 g/mol. The van der Waals surface area contributed by atoms with Gasteiger partial charge in [-0.2, -0.15) is 4.31 Å². The molecule has 1 fully saturated rings. The molecule has 1 aliphatic carbocycles. The highest BCUT2D eigenvalue weighted by molar-refractivity contribution is 9.10. The summed E-state index contributed by atoms with van der Waals surface area (Å²) in [7, 11) is -1.80. The first-order valence-electron chi connectivity index (χ1n) is 5.28. The van der Waals surface area contributed by atoms with Crippen LogP contribution in [0.4, 0.5) is 0 Å². The minimum Gasteiger partial charge on any atom is -0.393 e. The average Bonchev–Trinajstić information content (AvgIpc) is 2.62. The highest BCUT2D eigenvalue weighted by Crippen LogP contribution is 2.32. The molecular weight excluding hydrogens is 326 g/mol. The summed E-state index contributed by atoms with van der Waals surface area (Å²) in [6.07, 6.45) is 1.15. The van der Waals surface area contributed by atoms with E-state index in [2.05, 4.69) is 15.9 Å². The van der Waals surface area contributed by atoms with Crippen LogP contribution >= 0.6 is 27.3 Å². The summed E-state index contributed by atoms with van der Waals surface area (Å²) in [5.41, 5.74) is 0. The van der Waals surface area contributed by atoms with Crippen LogP contribution < -0.4 is 0 Å². The highest BCUT2D eigenvalue weighted by atomic mass is 79.9. The predicted molar refractivity (Wildman–Crippen MR) is 70.6 cm³/mol. The number of halogens is 1. The van der Waals surface area contributed by atoms with Gasteiger partial charge < -0.3 is 5.11 Å². The number of hydrogen-bond donors (Lipinski definition) is 1. The van der Waals surface area contributed by atoms with Crippen molar-refractivity contribution in [2.45, 2.75) is 23.2 Å². The molecule has 1 heterocycles. The summed E-state index contributed by atoms with van der Waals surface area (Å²) in [6.45, 7) is 0.476. The van der Waals surface area contributed by atoms with E-state index in [4.69, 9.17) is 0 Å². The summed E-state index contributed by atoms with van der Waals surface area (Å²) in [5.74, 6) is 0.281. The Labute approximate surface area is 113 Å². The molecule has 96 valence electrons. The van der Waals surface area contributed by atoms with E-state index in [1.54, 1.807) is 18.5 Å². The zero-order valence-corrected chi connectivity index (χ0v) is 12.6. The van der Waals surface area contributed by atoms with E-state index in [1.165, 1.54) is 15.6 Å². The zero-order chi connectivity index (χ0) is 12.6. The second kappa shape index (κ2) is 4.97. The van der Waals surface area contributed by atoms with Crippen LogP contribution in [0, 0.1) is 5.92 Å². The van der Waals surface area contributed by atoms with Crippen molar-refractivity contribution < 1.29 is 13.5 Å². The van der Waals surface area contributed by atoms with Gasteiger partial charge in [-0.05, 0) is 46.1 Å². The summed E-state index contributed by atoms with van der Waals surface area (Å²) in [4.78, 5) is 0. The fourth-order valence-electron chi connectivity index (χ4n) is 1.92. The molecule has 0 amide bonds. The first kappa shape index (κ1) is 13.5. The van der Waals surface area contributed by atoms with Crippen LogP contribution in [0.15, 0.2) is 20.1 Å². The van der Waals surface area contributed by atoms with Crippen molar-refractivity contribution in [1.29, 1.82) is 0 Å². The second-order valence-corrected chi connectivity index (χ2v) is 8.34. The maximum Gasteiger partial charge on any atom is 0.253 e. The van der Waals surface area contributed by atoms with Gasteiger partial charge in [0.05, 0.1) is 6.10 Å². The molecule has 17 heavy (non-hydrogen) atoms. The highest BCUT2D eigenvalue weighted by Gasteiger charge is 2.32. The molecule has 1 saturated carbocycles. The molecule has 1 aromatic heterocycles. The lowest BCUT2D eigenvalue weighted by atomic mass is 9.82. The van der Waals surface area contributed by atoms with Crippen LogP contribution in [-0.4, -0.2) is 37.5 Å². The van der Waals surface area contributed by atoms with Gasteiger partial charge in [0.25, 0.3) is 10.0 Å². The van der Waals surface area contributed by atoms with Gasteiger partial charge in [0.2, 0.25) is 0 Å². The number of aliphatic hydroxyl groups is 1. The monoisotopic (exact) mass is 339 g/mol. The standard InChI is InChI=1S/C10H14BrNO3S2/c1-12(6-7-4-8(13)5-7)17(14,15)10-9(11)2-3-16-10/h2-3,7-8,13H,4-6H2,1H3. The SMILES string of the molecule is CN(CC1CC(O)C1)S(=O)(=O)c1sccc1Br. The minimum atomic E-state index is -3.39. The number of hydrogen-bond acceptors (Lipinski definition) is 4. The Hall–Kier alpha value is 0.0500. The number of nitrogens with zero attached hydrogens (tertiary/aromatic N) is 1. The first-order valence-corrected chi connectivity index (χ1v) is 8.40. The van der Waals surface area contributed by atoms with Gasteiger partial charge in [-0.1, -0.05) is 0 Å². The van der Waals surface area contributed by atoms with Crippen LogP contribution in [0.2, 0.25) is 0 Å². The minimum absolute atomic E-state index is 0.246. The van der Waals surface area contributed by atoms with E-state index in [-0.39, 0.29) is 12.0 Å². The van der Waals surface area contributed by atoms with Crippen LogP contribution in [0.1, 0.15) is 12.8 Å². The van der Waals surface area contributed by atoms with Crippen molar-refractivity contribution >= 4 is 37.3 Å². The molecule has 0 unspecified atom stereocenters. The molecule has 2 rings (SSSR count). The Kier molecular flexibility index (Phi) is 3.94. The Bertz CT molecular complexity index is 493. The van der Waals surface area contributed by atoms with E-state index < -0.39 is 10.0 Å². The van der Waals surface area contributed by atoms with Crippen LogP contribution in [0.25, 0.3) is 0 Å². The Balaban J connectivity index is 2.08. The van der Waals surface area contributed by atoms with Crippen LogP contribution in [0.5, 0.6) is 0 Å². The smallest absolute Gasteiger partial charge is 0.253 e. The maximum absolute atomic E-state index is 12.2. The van der Waals surface area contributed by atoms with Crippen molar-refractivity contribution in [2.75, 3.05) is 13.6 Å². The molecule has 0 aliphatic heterocycles. The third-order valence-corrected chi connectivity index (χ3v) is 7.43. The molecule has 1 N–H and O–H groups in total. The Morgan fingerprint density at radius 2 is 2.24 bits per heavy atom. The predicted octanol–water partition coefficient (Wildman–Crippen LogP) is 1.90. The van der Waals surface area contributed by atoms with E-state index in [9.17, 15) is 13.5 Å². The molecule has 4 nitrogen and oxygen atoms in total. The topological polar surface area (TPSA) is 57.6 Å². The Morgan fingerprint density at radius 3 is 2.71 bits per heavy atom. The molecule has 0 bridgehead atoms. The van der Waals surface area contributed by atoms with E-state index in [0.717, 1.165) is 0 Å². The van der Waals surface area contributed by atoms with Crippen LogP contribution in [-0.2, 0) is 10.0 Å². The van der Waals surface area contributed by atoms with Gasteiger partial charge >= 0.3 is 0 Å². The number of rotatable bonds is 4. The third kappa shape index (κ3) is 2.73. The quantitative estimate of drug-likeness (QED) is 0.911. The van der Waals surface area contributed by atoms with Gasteiger partial charge in [-0.25, -0.2) is 8.42 Å². The fourth-order valence-corrected chi connectivity index (χ4v) is 5.67. The summed E-state index contributed by atoms with van der Waals surface area (Å²) >= 11 is 4.45. The van der Waals surface area contributed by atoms with Crippen molar-refractivity contribution in [2.24, 2.45) is 5.92 Å². The lowest BCUT2D eigenvalue weighted by Gasteiger charge is -2.33. The van der Waals surface area contributed by atoms with E-state index in [0.29, 0.717) is 28.1 Å². The fraction of sp³-hybridized carbons (Fsp3) is 0.600. The van der Waals surface area contributed by atoms with Crippen molar-refractivity contribution in [3.8, 4) is 0 Å². The van der Waals surface area contributed by atoms with Crippen molar-refractivity contribution in [3.05, 3.63) is 15.9 Å².